The summed E-state index contributed by atoms with van der Waals surface area (Å²) < 4.78 is 10.7. The molecule has 0 radical (unpaired) electrons. The number of anilines is 1. The van der Waals surface area contributed by atoms with Gasteiger partial charge in [0.05, 0.1) is 25.8 Å². The van der Waals surface area contributed by atoms with Crippen LogP contribution in [-0.2, 0) is 9.59 Å². The Morgan fingerprint density at radius 1 is 0.839 bits per heavy atom. The average molecular weight is 415 g/mol. The van der Waals surface area contributed by atoms with E-state index in [1.807, 2.05) is 12.1 Å². The Hall–Kier alpha value is -4.06. The number of nitrogens with zero attached hydrogens (tertiary/aromatic N) is 1. The highest BCUT2D eigenvalue weighted by atomic mass is 16.5. The van der Waals surface area contributed by atoms with Crippen molar-refractivity contribution in [2.45, 2.75) is 6.04 Å². The first-order valence-electron chi connectivity index (χ1n) is 9.70. The highest BCUT2D eigenvalue weighted by Crippen LogP contribution is 2.43. The van der Waals surface area contributed by atoms with Crippen LogP contribution in [0.15, 0.2) is 84.4 Å². The predicted molar refractivity (Wildman–Crippen MR) is 117 cm³/mol. The molecular weight excluding hydrogens is 394 g/mol. The Balaban J connectivity index is 1.96. The van der Waals surface area contributed by atoms with Crippen molar-refractivity contribution >= 4 is 23.1 Å². The number of amides is 1. The maximum atomic E-state index is 13.1. The molecule has 3 aromatic rings. The van der Waals surface area contributed by atoms with E-state index >= 15 is 0 Å². The number of ether oxygens (including phenoxy) is 2. The number of Topliss-reactive ketones (excluding diaryl/α,β-unsaturated/α-hetero) is 1. The first-order chi connectivity index (χ1) is 15.1. The number of aliphatic hydroxyl groups is 1. The number of hydrogen-bond donors (Lipinski definition) is 1. The number of methoxy groups -OCH3 is 2. The Bertz CT molecular complexity index is 1160. The van der Waals surface area contributed by atoms with Crippen LogP contribution in [0.2, 0.25) is 0 Å². The van der Waals surface area contributed by atoms with Gasteiger partial charge in [-0.2, -0.15) is 0 Å². The second-order valence-electron chi connectivity index (χ2n) is 6.99. The van der Waals surface area contributed by atoms with E-state index in [9.17, 15) is 14.7 Å². The molecule has 0 saturated carbocycles. The minimum Gasteiger partial charge on any atom is -0.507 e. The second-order valence-corrected chi connectivity index (χ2v) is 6.99. The molecule has 4 rings (SSSR count). The van der Waals surface area contributed by atoms with E-state index in [1.165, 1.54) is 19.1 Å². The van der Waals surface area contributed by atoms with Crippen LogP contribution in [0.1, 0.15) is 17.2 Å². The van der Waals surface area contributed by atoms with Crippen LogP contribution < -0.4 is 14.4 Å². The average Bonchev–Trinajstić information content (AvgIpc) is 3.09. The maximum absolute atomic E-state index is 13.1. The van der Waals surface area contributed by atoms with Gasteiger partial charge in [0.25, 0.3) is 11.7 Å². The maximum Gasteiger partial charge on any atom is 0.300 e. The fourth-order valence-electron chi connectivity index (χ4n) is 3.78. The molecule has 1 N–H and O–H groups in total. The number of hydrogen-bond acceptors (Lipinski definition) is 5. The molecule has 0 aliphatic carbocycles. The lowest BCUT2D eigenvalue weighted by Gasteiger charge is -2.26. The molecule has 0 bridgehead atoms. The largest absolute Gasteiger partial charge is 0.507 e. The van der Waals surface area contributed by atoms with E-state index in [-0.39, 0.29) is 11.3 Å². The molecule has 1 saturated heterocycles. The zero-order valence-corrected chi connectivity index (χ0v) is 17.1. The summed E-state index contributed by atoms with van der Waals surface area (Å²) in [6.07, 6.45) is 0. The van der Waals surface area contributed by atoms with E-state index in [0.29, 0.717) is 28.3 Å². The number of carbonyl (C=O) groups is 2. The van der Waals surface area contributed by atoms with Crippen LogP contribution in [0.25, 0.3) is 5.76 Å². The molecule has 1 amide bonds. The van der Waals surface area contributed by atoms with Gasteiger partial charge < -0.3 is 14.6 Å². The van der Waals surface area contributed by atoms with Crippen LogP contribution in [0.4, 0.5) is 5.69 Å². The van der Waals surface area contributed by atoms with Gasteiger partial charge >= 0.3 is 0 Å². The normalized spacial score (nSPS) is 17.6. The molecule has 31 heavy (non-hydrogen) atoms. The minimum absolute atomic E-state index is 0.0206. The summed E-state index contributed by atoms with van der Waals surface area (Å²) >= 11 is 0. The summed E-state index contributed by atoms with van der Waals surface area (Å²) in [5, 5.41) is 11.1. The SMILES string of the molecule is COc1ccc(C2/C(=C(\O)c3ccccc3)C(=O)C(=O)N2c2ccccc2)cc1OC. The summed E-state index contributed by atoms with van der Waals surface area (Å²) in [5.74, 6) is -0.699. The highest BCUT2D eigenvalue weighted by Gasteiger charge is 2.47. The summed E-state index contributed by atoms with van der Waals surface area (Å²) in [6, 6.07) is 22.0. The first kappa shape index (κ1) is 20.2. The van der Waals surface area contributed by atoms with Gasteiger partial charge in [0.2, 0.25) is 0 Å². The van der Waals surface area contributed by atoms with Gasteiger partial charge in [0, 0.05) is 11.3 Å². The molecule has 1 atom stereocenters. The van der Waals surface area contributed by atoms with Gasteiger partial charge in [-0.1, -0.05) is 54.6 Å². The molecule has 1 aliphatic heterocycles. The third-order valence-electron chi connectivity index (χ3n) is 5.25. The molecule has 156 valence electrons. The molecule has 1 heterocycles. The van der Waals surface area contributed by atoms with Crippen molar-refractivity contribution in [3.05, 3.63) is 95.6 Å². The molecule has 1 aliphatic rings. The van der Waals surface area contributed by atoms with Crippen molar-refractivity contribution in [3.8, 4) is 11.5 Å². The Morgan fingerprint density at radius 2 is 1.45 bits per heavy atom. The number of carbonyl (C=O) groups excluding carboxylic acids is 2. The number of ketones is 1. The number of para-hydroxylation sites is 1. The van der Waals surface area contributed by atoms with Gasteiger partial charge in [-0.15, -0.1) is 0 Å². The zero-order valence-electron chi connectivity index (χ0n) is 17.1. The summed E-state index contributed by atoms with van der Waals surface area (Å²) in [5.41, 5.74) is 1.64. The first-order valence-corrected chi connectivity index (χ1v) is 9.70. The third-order valence-corrected chi connectivity index (χ3v) is 5.25. The quantitative estimate of drug-likeness (QED) is 0.381. The highest BCUT2D eigenvalue weighted by molar-refractivity contribution is 6.51. The zero-order chi connectivity index (χ0) is 22.0. The molecular formula is C25H21NO5. The van der Waals surface area contributed by atoms with Crippen molar-refractivity contribution in [1.82, 2.24) is 0 Å². The van der Waals surface area contributed by atoms with Crippen molar-refractivity contribution in [1.29, 1.82) is 0 Å². The number of benzene rings is 3. The van der Waals surface area contributed by atoms with Crippen LogP contribution in [0, 0.1) is 0 Å². The Kier molecular flexibility index (Phi) is 5.45. The molecule has 0 spiro atoms. The van der Waals surface area contributed by atoms with E-state index in [0.717, 1.165) is 0 Å². The van der Waals surface area contributed by atoms with Crippen molar-refractivity contribution in [2.24, 2.45) is 0 Å². The van der Waals surface area contributed by atoms with Gasteiger partial charge in [-0.05, 0) is 29.8 Å². The van der Waals surface area contributed by atoms with E-state index in [2.05, 4.69) is 0 Å². The van der Waals surface area contributed by atoms with Gasteiger partial charge in [0.15, 0.2) is 11.5 Å². The monoisotopic (exact) mass is 415 g/mol. The van der Waals surface area contributed by atoms with Crippen molar-refractivity contribution < 1.29 is 24.2 Å². The number of aliphatic hydroxyl groups excluding tert-OH is 1. The number of rotatable bonds is 5. The molecule has 0 aromatic heterocycles. The molecule has 1 unspecified atom stereocenters. The van der Waals surface area contributed by atoms with Crippen LogP contribution >= 0.6 is 0 Å². The molecule has 3 aromatic carbocycles. The minimum atomic E-state index is -0.831. The Morgan fingerprint density at radius 3 is 2.06 bits per heavy atom. The second kappa shape index (κ2) is 8.36. The van der Waals surface area contributed by atoms with Gasteiger partial charge in [-0.3, -0.25) is 14.5 Å². The van der Waals surface area contributed by atoms with Crippen LogP contribution in [0.5, 0.6) is 11.5 Å². The van der Waals surface area contributed by atoms with E-state index < -0.39 is 17.7 Å². The fourth-order valence-corrected chi connectivity index (χ4v) is 3.78. The van der Waals surface area contributed by atoms with E-state index in [1.54, 1.807) is 66.7 Å². The standard InChI is InChI=1S/C25H21NO5/c1-30-19-14-13-17(15-20(19)31-2)22-21(23(27)16-9-5-3-6-10-16)24(28)25(29)26(22)18-11-7-4-8-12-18/h3-15,22,27H,1-2H3/b23-21+. The summed E-state index contributed by atoms with van der Waals surface area (Å²) in [4.78, 5) is 27.6. The lowest BCUT2D eigenvalue weighted by molar-refractivity contribution is -0.132. The van der Waals surface area contributed by atoms with E-state index in [4.69, 9.17) is 9.47 Å². The van der Waals surface area contributed by atoms with Crippen LogP contribution in [0.3, 0.4) is 0 Å². The predicted octanol–water partition coefficient (Wildman–Crippen LogP) is 4.33. The molecule has 6 heteroatoms. The third kappa shape index (κ3) is 3.53. The smallest absolute Gasteiger partial charge is 0.300 e. The van der Waals surface area contributed by atoms with Crippen LogP contribution in [-0.4, -0.2) is 31.0 Å². The topological polar surface area (TPSA) is 76.1 Å². The molecule has 1 fully saturated rings. The lowest BCUT2D eigenvalue weighted by Crippen LogP contribution is -2.29. The summed E-state index contributed by atoms with van der Waals surface area (Å²) in [7, 11) is 3.04. The van der Waals surface area contributed by atoms with Gasteiger partial charge in [-0.25, -0.2) is 0 Å². The Labute approximate surface area is 180 Å². The van der Waals surface area contributed by atoms with Crippen molar-refractivity contribution in [2.75, 3.05) is 19.1 Å². The molecule has 6 nitrogen and oxygen atoms in total. The summed E-state index contributed by atoms with van der Waals surface area (Å²) in [6.45, 7) is 0. The fraction of sp³-hybridized carbons (Fsp3) is 0.120. The lowest BCUT2D eigenvalue weighted by atomic mass is 9.94. The van der Waals surface area contributed by atoms with Gasteiger partial charge in [0.1, 0.15) is 5.76 Å². The van der Waals surface area contributed by atoms with Crippen molar-refractivity contribution in [3.63, 3.8) is 0 Å².